The van der Waals surface area contributed by atoms with Crippen molar-refractivity contribution in [1.82, 2.24) is 4.98 Å². The van der Waals surface area contributed by atoms with Crippen LogP contribution in [0.2, 0.25) is 0 Å². The molecule has 0 unspecified atom stereocenters. The topological polar surface area (TPSA) is 74.4 Å². The highest BCUT2D eigenvalue weighted by atomic mass is 79.9. The molecular formula is C13H11BrN2O3. The lowest BCUT2D eigenvalue weighted by molar-refractivity contribution is 0.0600. The van der Waals surface area contributed by atoms with E-state index in [9.17, 15) is 4.79 Å². The Morgan fingerprint density at radius 1 is 1.32 bits per heavy atom. The van der Waals surface area contributed by atoms with Crippen LogP contribution < -0.4 is 10.5 Å². The van der Waals surface area contributed by atoms with Gasteiger partial charge in [-0.05, 0) is 24.3 Å². The zero-order chi connectivity index (χ0) is 13.8. The van der Waals surface area contributed by atoms with Crippen molar-refractivity contribution in [2.24, 2.45) is 0 Å². The van der Waals surface area contributed by atoms with E-state index in [0.717, 1.165) is 4.47 Å². The van der Waals surface area contributed by atoms with Crippen molar-refractivity contribution < 1.29 is 14.3 Å². The van der Waals surface area contributed by atoms with E-state index in [1.165, 1.54) is 19.4 Å². The molecular weight excluding hydrogens is 312 g/mol. The van der Waals surface area contributed by atoms with Gasteiger partial charge in [0.25, 0.3) is 0 Å². The van der Waals surface area contributed by atoms with Crippen LogP contribution in [0.5, 0.6) is 11.6 Å². The predicted molar refractivity (Wildman–Crippen MR) is 74.2 cm³/mol. The second-order valence-corrected chi connectivity index (χ2v) is 4.57. The van der Waals surface area contributed by atoms with Crippen molar-refractivity contribution in [2.45, 2.75) is 0 Å². The van der Waals surface area contributed by atoms with Crippen molar-refractivity contribution in [3.63, 3.8) is 0 Å². The third-order valence-corrected chi connectivity index (χ3v) is 2.84. The zero-order valence-electron chi connectivity index (χ0n) is 10.1. The first-order chi connectivity index (χ1) is 9.10. The van der Waals surface area contributed by atoms with E-state index >= 15 is 0 Å². The van der Waals surface area contributed by atoms with E-state index in [1.807, 2.05) is 0 Å². The Morgan fingerprint density at radius 2 is 2.11 bits per heavy atom. The standard InChI is InChI=1S/C13H11BrN2O3/c1-18-13(17)8-4-5-16-12(6-8)19-11-3-2-9(14)7-10(11)15/h2-7H,15H2,1H3. The van der Waals surface area contributed by atoms with Gasteiger partial charge in [0.1, 0.15) is 0 Å². The van der Waals surface area contributed by atoms with Crippen molar-refractivity contribution in [1.29, 1.82) is 0 Å². The summed E-state index contributed by atoms with van der Waals surface area (Å²) in [6.45, 7) is 0. The minimum Gasteiger partial charge on any atom is -0.465 e. The van der Waals surface area contributed by atoms with E-state index < -0.39 is 5.97 Å². The largest absolute Gasteiger partial charge is 0.465 e. The Morgan fingerprint density at radius 3 is 2.79 bits per heavy atom. The molecule has 1 heterocycles. The molecule has 0 saturated carbocycles. The maximum absolute atomic E-state index is 11.4. The van der Waals surface area contributed by atoms with Gasteiger partial charge in [-0.1, -0.05) is 15.9 Å². The van der Waals surface area contributed by atoms with Crippen LogP contribution in [0.3, 0.4) is 0 Å². The minimum absolute atomic E-state index is 0.275. The van der Waals surface area contributed by atoms with Crippen LogP contribution >= 0.6 is 15.9 Å². The number of aromatic nitrogens is 1. The number of hydrogen-bond acceptors (Lipinski definition) is 5. The van der Waals surface area contributed by atoms with Crippen LogP contribution in [0.25, 0.3) is 0 Å². The molecule has 98 valence electrons. The number of rotatable bonds is 3. The van der Waals surface area contributed by atoms with Crippen LogP contribution in [-0.4, -0.2) is 18.1 Å². The molecule has 2 aromatic rings. The number of nitrogen functional groups attached to an aromatic ring is 1. The molecule has 2 N–H and O–H groups in total. The Balaban J connectivity index is 2.26. The molecule has 0 fully saturated rings. The molecule has 0 aliphatic rings. The van der Waals surface area contributed by atoms with Gasteiger partial charge in [-0.3, -0.25) is 0 Å². The van der Waals surface area contributed by atoms with Gasteiger partial charge in [-0.25, -0.2) is 9.78 Å². The summed E-state index contributed by atoms with van der Waals surface area (Å²) in [5.74, 6) is 0.297. The van der Waals surface area contributed by atoms with Crippen LogP contribution in [0.4, 0.5) is 5.69 Å². The summed E-state index contributed by atoms with van der Waals surface area (Å²) in [5.41, 5.74) is 6.65. The Kier molecular flexibility index (Phi) is 4.01. The molecule has 5 nitrogen and oxygen atoms in total. The summed E-state index contributed by atoms with van der Waals surface area (Å²) in [6.07, 6.45) is 1.47. The zero-order valence-corrected chi connectivity index (χ0v) is 11.7. The fourth-order valence-electron chi connectivity index (χ4n) is 1.43. The van der Waals surface area contributed by atoms with Gasteiger partial charge < -0.3 is 15.2 Å². The number of esters is 1. The Labute approximate surface area is 118 Å². The highest BCUT2D eigenvalue weighted by molar-refractivity contribution is 9.10. The number of anilines is 1. The maximum atomic E-state index is 11.4. The number of nitrogens with two attached hydrogens (primary N) is 1. The molecule has 1 aromatic heterocycles. The van der Waals surface area contributed by atoms with Gasteiger partial charge in [0.15, 0.2) is 5.75 Å². The number of hydrogen-bond donors (Lipinski definition) is 1. The number of carbonyl (C=O) groups excluding carboxylic acids is 1. The molecule has 0 radical (unpaired) electrons. The van der Waals surface area contributed by atoms with E-state index in [1.54, 1.807) is 24.3 Å². The second-order valence-electron chi connectivity index (χ2n) is 3.66. The lowest BCUT2D eigenvalue weighted by atomic mass is 10.2. The third kappa shape index (κ3) is 3.23. The summed E-state index contributed by atoms with van der Waals surface area (Å²) >= 11 is 3.31. The SMILES string of the molecule is COC(=O)c1ccnc(Oc2ccc(Br)cc2N)c1. The van der Waals surface area contributed by atoms with E-state index in [4.69, 9.17) is 10.5 Å². The molecule has 0 aliphatic carbocycles. The number of nitrogens with zero attached hydrogens (tertiary/aromatic N) is 1. The number of carbonyl (C=O) groups is 1. The van der Waals surface area contributed by atoms with Gasteiger partial charge in [-0.15, -0.1) is 0 Å². The summed E-state index contributed by atoms with van der Waals surface area (Å²) in [6, 6.07) is 8.28. The molecule has 0 atom stereocenters. The molecule has 0 aliphatic heterocycles. The predicted octanol–water partition coefficient (Wildman–Crippen LogP) is 3.01. The fourth-order valence-corrected chi connectivity index (χ4v) is 1.81. The monoisotopic (exact) mass is 322 g/mol. The third-order valence-electron chi connectivity index (χ3n) is 2.34. The first-order valence-corrected chi connectivity index (χ1v) is 6.16. The van der Waals surface area contributed by atoms with Crippen molar-refractivity contribution >= 4 is 27.6 Å². The summed E-state index contributed by atoms with van der Waals surface area (Å²) in [7, 11) is 1.32. The molecule has 0 amide bonds. The van der Waals surface area contributed by atoms with Crippen molar-refractivity contribution in [2.75, 3.05) is 12.8 Å². The van der Waals surface area contributed by atoms with Gasteiger partial charge in [0.2, 0.25) is 5.88 Å². The number of benzene rings is 1. The number of pyridine rings is 1. The highest BCUT2D eigenvalue weighted by Crippen LogP contribution is 2.29. The van der Waals surface area contributed by atoms with Crippen molar-refractivity contribution in [3.05, 3.63) is 46.6 Å². The van der Waals surface area contributed by atoms with Gasteiger partial charge in [-0.2, -0.15) is 0 Å². The van der Waals surface area contributed by atoms with Gasteiger partial charge in [0, 0.05) is 16.7 Å². The van der Waals surface area contributed by atoms with Crippen LogP contribution in [0.15, 0.2) is 41.0 Å². The van der Waals surface area contributed by atoms with E-state index in [0.29, 0.717) is 17.0 Å². The maximum Gasteiger partial charge on any atom is 0.338 e. The van der Waals surface area contributed by atoms with Gasteiger partial charge in [0.05, 0.1) is 18.4 Å². The lowest BCUT2D eigenvalue weighted by Crippen LogP contribution is -2.02. The normalized spacial score (nSPS) is 10.0. The number of halogens is 1. The molecule has 6 heteroatoms. The van der Waals surface area contributed by atoms with Gasteiger partial charge >= 0.3 is 5.97 Å². The Hall–Kier alpha value is -2.08. The van der Waals surface area contributed by atoms with Crippen molar-refractivity contribution in [3.8, 4) is 11.6 Å². The number of methoxy groups -OCH3 is 1. The molecule has 19 heavy (non-hydrogen) atoms. The quantitative estimate of drug-likeness (QED) is 0.694. The van der Waals surface area contributed by atoms with Crippen LogP contribution in [0, 0.1) is 0 Å². The summed E-state index contributed by atoms with van der Waals surface area (Å²) in [4.78, 5) is 15.4. The average Bonchev–Trinajstić information content (AvgIpc) is 2.41. The smallest absolute Gasteiger partial charge is 0.338 e. The molecule has 0 spiro atoms. The fraction of sp³-hybridized carbons (Fsp3) is 0.0769. The molecule has 0 bridgehead atoms. The average molecular weight is 323 g/mol. The Bertz CT molecular complexity index is 617. The summed E-state index contributed by atoms with van der Waals surface area (Å²) < 4.78 is 11.0. The van der Waals surface area contributed by atoms with Crippen LogP contribution in [0.1, 0.15) is 10.4 Å². The molecule has 2 rings (SSSR count). The minimum atomic E-state index is -0.448. The first-order valence-electron chi connectivity index (χ1n) is 5.37. The molecule has 1 aromatic carbocycles. The second kappa shape index (κ2) is 5.71. The van der Waals surface area contributed by atoms with Crippen LogP contribution in [-0.2, 0) is 4.74 Å². The molecule has 0 saturated heterocycles. The van der Waals surface area contributed by atoms with E-state index in [-0.39, 0.29) is 5.88 Å². The lowest BCUT2D eigenvalue weighted by Gasteiger charge is -2.08. The van der Waals surface area contributed by atoms with E-state index in [2.05, 4.69) is 25.7 Å². The summed E-state index contributed by atoms with van der Waals surface area (Å²) in [5, 5.41) is 0. The number of ether oxygens (including phenoxy) is 2. The first kappa shape index (κ1) is 13.4. The highest BCUT2D eigenvalue weighted by Gasteiger charge is 2.09.